The summed E-state index contributed by atoms with van der Waals surface area (Å²) in [7, 11) is -1.54. The van der Waals surface area contributed by atoms with Gasteiger partial charge in [0.05, 0.1) is 8.07 Å². The van der Waals surface area contributed by atoms with Crippen molar-refractivity contribution in [1.29, 1.82) is 0 Å². The Labute approximate surface area is 124 Å². The van der Waals surface area contributed by atoms with Crippen LogP contribution < -0.4 is 5.19 Å². The molecule has 2 aromatic rings. The van der Waals surface area contributed by atoms with Crippen LogP contribution in [0.15, 0.2) is 54.6 Å². The molecule has 0 aliphatic carbocycles. The number of Topliss-reactive ketones (excluding diaryl/α,β-unsaturated/α-hetero) is 1. The first-order valence-corrected chi connectivity index (χ1v) is 10.3. The highest BCUT2D eigenvalue weighted by Crippen LogP contribution is 2.31. The number of halogens is 2. The summed E-state index contributed by atoms with van der Waals surface area (Å²) in [5.74, 6) is -4.66. The van der Waals surface area contributed by atoms with Crippen molar-refractivity contribution in [3.63, 3.8) is 0 Å². The molecule has 2 rings (SSSR count). The molecule has 0 aliphatic rings. The molecule has 0 N–H and O–H groups in total. The first-order chi connectivity index (χ1) is 9.73. The van der Waals surface area contributed by atoms with Gasteiger partial charge in [-0.3, -0.25) is 4.79 Å². The van der Waals surface area contributed by atoms with Crippen molar-refractivity contribution in [2.75, 3.05) is 0 Å². The number of hydrogen-bond acceptors (Lipinski definition) is 1. The Morgan fingerprint density at radius 1 is 0.905 bits per heavy atom. The van der Waals surface area contributed by atoms with Gasteiger partial charge in [-0.05, 0) is 0 Å². The van der Waals surface area contributed by atoms with Gasteiger partial charge in [0.2, 0.25) is 5.78 Å². The lowest BCUT2D eigenvalue weighted by atomic mass is 9.99. The van der Waals surface area contributed by atoms with Gasteiger partial charge in [0.1, 0.15) is 0 Å². The molecule has 2 aromatic carbocycles. The topological polar surface area (TPSA) is 17.1 Å². The van der Waals surface area contributed by atoms with Crippen LogP contribution in [0.5, 0.6) is 0 Å². The molecule has 0 radical (unpaired) electrons. The second-order valence-corrected chi connectivity index (χ2v) is 11.2. The van der Waals surface area contributed by atoms with Gasteiger partial charge < -0.3 is 0 Å². The third kappa shape index (κ3) is 3.27. The third-order valence-corrected chi connectivity index (χ3v) is 5.50. The summed E-state index contributed by atoms with van der Waals surface area (Å²) in [6.07, 6.45) is 0. The molecule has 110 valence electrons. The maximum Gasteiger partial charge on any atom is 0.334 e. The van der Waals surface area contributed by atoms with E-state index in [1.54, 1.807) is 30.3 Å². The summed E-state index contributed by atoms with van der Waals surface area (Å²) in [5, 5.41) is 1.09. The van der Waals surface area contributed by atoms with Crippen LogP contribution in [0.2, 0.25) is 19.6 Å². The fourth-order valence-corrected chi connectivity index (χ4v) is 3.25. The Hall–Kier alpha value is -1.81. The molecule has 21 heavy (non-hydrogen) atoms. The third-order valence-electron chi connectivity index (χ3n) is 3.43. The Bertz CT molecular complexity index is 628. The lowest BCUT2D eigenvalue weighted by Crippen LogP contribution is -2.37. The number of carbonyl (C=O) groups excluding carboxylic acids is 1. The minimum Gasteiger partial charge on any atom is -0.287 e. The number of ketones is 1. The van der Waals surface area contributed by atoms with Crippen molar-refractivity contribution in [2.24, 2.45) is 0 Å². The first-order valence-electron chi connectivity index (χ1n) is 6.81. The van der Waals surface area contributed by atoms with E-state index in [2.05, 4.69) is 19.6 Å². The van der Waals surface area contributed by atoms with Crippen LogP contribution >= 0.6 is 0 Å². The average molecular weight is 304 g/mol. The van der Waals surface area contributed by atoms with E-state index < -0.39 is 19.8 Å². The zero-order valence-corrected chi connectivity index (χ0v) is 13.4. The molecule has 0 unspecified atom stereocenters. The Balaban J connectivity index is 2.34. The zero-order chi connectivity index (χ0) is 15.7. The van der Waals surface area contributed by atoms with E-state index in [1.807, 2.05) is 0 Å². The van der Waals surface area contributed by atoms with E-state index in [-0.39, 0.29) is 11.1 Å². The van der Waals surface area contributed by atoms with Crippen molar-refractivity contribution in [3.8, 4) is 0 Å². The molecule has 0 aliphatic heterocycles. The van der Waals surface area contributed by atoms with Gasteiger partial charge in [-0.2, -0.15) is 8.78 Å². The summed E-state index contributed by atoms with van der Waals surface area (Å²) in [4.78, 5) is 12.0. The number of carbonyl (C=O) groups is 1. The molecule has 0 bridgehead atoms. The lowest BCUT2D eigenvalue weighted by molar-refractivity contribution is 0.00744. The molecule has 0 saturated carbocycles. The lowest BCUT2D eigenvalue weighted by Gasteiger charge is -2.19. The van der Waals surface area contributed by atoms with Crippen LogP contribution in [-0.2, 0) is 5.92 Å². The van der Waals surface area contributed by atoms with E-state index in [0.717, 1.165) is 5.19 Å². The van der Waals surface area contributed by atoms with Crippen molar-refractivity contribution in [2.45, 2.75) is 25.6 Å². The predicted molar refractivity (Wildman–Crippen MR) is 84.1 cm³/mol. The maximum atomic E-state index is 14.3. The molecule has 0 heterocycles. The Kier molecular flexibility index (Phi) is 4.10. The number of rotatable bonds is 4. The summed E-state index contributed by atoms with van der Waals surface area (Å²) in [5.41, 5.74) is -0.227. The maximum absolute atomic E-state index is 14.3. The predicted octanol–water partition coefficient (Wildman–Crippen LogP) is 4.21. The molecule has 0 saturated heterocycles. The summed E-state index contributed by atoms with van der Waals surface area (Å²) >= 11 is 0. The molecular formula is C17H18F2OSi. The molecule has 0 amide bonds. The van der Waals surface area contributed by atoms with Gasteiger partial charge in [-0.15, -0.1) is 0 Å². The molecule has 0 atom stereocenters. The van der Waals surface area contributed by atoms with Crippen LogP contribution in [0.4, 0.5) is 8.78 Å². The normalized spacial score (nSPS) is 12.2. The largest absolute Gasteiger partial charge is 0.334 e. The highest BCUT2D eigenvalue weighted by Gasteiger charge is 2.41. The fraction of sp³-hybridized carbons (Fsp3) is 0.235. The second kappa shape index (κ2) is 5.52. The van der Waals surface area contributed by atoms with E-state index in [9.17, 15) is 13.6 Å². The Morgan fingerprint density at radius 2 is 1.43 bits per heavy atom. The SMILES string of the molecule is C[Si](C)(C)c1ccc(C(F)(F)C(=O)c2ccccc2)cc1. The van der Waals surface area contributed by atoms with Crippen LogP contribution in [-0.4, -0.2) is 13.9 Å². The number of benzene rings is 2. The highest BCUT2D eigenvalue weighted by molar-refractivity contribution is 6.88. The van der Waals surface area contributed by atoms with Crippen molar-refractivity contribution < 1.29 is 13.6 Å². The first kappa shape index (κ1) is 15.6. The van der Waals surface area contributed by atoms with Crippen molar-refractivity contribution in [3.05, 3.63) is 65.7 Å². The van der Waals surface area contributed by atoms with Gasteiger partial charge in [0, 0.05) is 11.1 Å². The molecule has 0 fully saturated rings. The van der Waals surface area contributed by atoms with Gasteiger partial charge in [-0.25, -0.2) is 0 Å². The van der Waals surface area contributed by atoms with E-state index in [4.69, 9.17) is 0 Å². The number of hydrogen-bond donors (Lipinski definition) is 0. The highest BCUT2D eigenvalue weighted by atomic mass is 28.3. The van der Waals surface area contributed by atoms with Gasteiger partial charge in [0.15, 0.2) is 0 Å². The zero-order valence-electron chi connectivity index (χ0n) is 12.4. The molecule has 4 heteroatoms. The van der Waals surface area contributed by atoms with Crippen LogP contribution in [0.3, 0.4) is 0 Å². The quantitative estimate of drug-likeness (QED) is 0.611. The summed E-state index contributed by atoms with van der Waals surface area (Å²) < 4.78 is 28.7. The van der Waals surface area contributed by atoms with E-state index in [1.165, 1.54) is 24.3 Å². The standard InChI is InChI=1S/C17H18F2OSi/c1-21(2,3)15-11-9-14(10-12-15)17(18,19)16(20)13-7-5-4-6-8-13/h4-12H,1-3H3. The van der Waals surface area contributed by atoms with Crippen LogP contribution in [0, 0.1) is 0 Å². The van der Waals surface area contributed by atoms with Crippen molar-refractivity contribution >= 4 is 19.0 Å². The van der Waals surface area contributed by atoms with E-state index >= 15 is 0 Å². The van der Waals surface area contributed by atoms with Gasteiger partial charge in [-0.1, -0.05) is 79.4 Å². The van der Waals surface area contributed by atoms with Crippen molar-refractivity contribution in [1.82, 2.24) is 0 Å². The van der Waals surface area contributed by atoms with E-state index in [0.29, 0.717) is 0 Å². The molecule has 0 aromatic heterocycles. The summed E-state index contributed by atoms with van der Waals surface area (Å²) in [6, 6.07) is 13.8. The molecule has 1 nitrogen and oxygen atoms in total. The van der Waals surface area contributed by atoms with Crippen LogP contribution in [0.1, 0.15) is 15.9 Å². The minimum atomic E-state index is -3.50. The second-order valence-electron chi connectivity index (χ2n) is 6.10. The van der Waals surface area contributed by atoms with Gasteiger partial charge >= 0.3 is 5.92 Å². The molecular weight excluding hydrogens is 286 g/mol. The Morgan fingerprint density at radius 3 is 1.90 bits per heavy atom. The average Bonchev–Trinajstić information content (AvgIpc) is 2.46. The smallest absolute Gasteiger partial charge is 0.287 e. The number of alkyl halides is 2. The molecule has 0 spiro atoms. The van der Waals surface area contributed by atoms with Gasteiger partial charge in [0.25, 0.3) is 0 Å². The van der Waals surface area contributed by atoms with Crippen LogP contribution in [0.25, 0.3) is 0 Å². The minimum absolute atomic E-state index is 0.0248. The monoisotopic (exact) mass is 304 g/mol. The summed E-state index contributed by atoms with van der Waals surface area (Å²) in [6.45, 7) is 6.44. The fourth-order valence-electron chi connectivity index (χ4n) is 2.08.